The third-order valence-corrected chi connectivity index (χ3v) is 6.62. The molecule has 1 saturated heterocycles. The molecule has 174 valence electrons. The van der Waals surface area contributed by atoms with Gasteiger partial charge in [0.25, 0.3) is 0 Å². The number of ketones is 1. The lowest BCUT2D eigenvalue weighted by molar-refractivity contribution is 0.0412. The molecule has 0 aliphatic carbocycles. The number of hydrogen-bond donors (Lipinski definition) is 2. The number of benzene rings is 2. The summed E-state index contributed by atoms with van der Waals surface area (Å²) in [5, 5.41) is 22.4. The van der Waals surface area contributed by atoms with Gasteiger partial charge in [0.05, 0.1) is 22.3 Å². The number of ether oxygens (including phenoxy) is 1. The Morgan fingerprint density at radius 3 is 2.53 bits per heavy atom. The summed E-state index contributed by atoms with van der Waals surface area (Å²) in [5.41, 5.74) is -0.685. The maximum Gasteiger partial charge on any atom is 0.169 e. The molecule has 1 unspecified atom stereocenters. The number of carbonyl (C=O) groups excluding carboxylic acids is 1. The van der Waals surface area contributed by atoms with E-state index in [-0.39, 0.29) is 45.5 Å². The highest BCUT2D eigenvalue weighted by molar-refractivity contribution is 6.30. The summed E-state index contributed by atoms with van der Waals surface area (Å²) in [6, 6.07) is 9.37. The van der Waals surface area contributed by atoms with Crippen molar-refractivity contribution in [3.05, 3.63) is 58.1 Å². The van der Waals surface area contributed by atoms with E-state index in [1.165, 1.54) is 25.1 Å². The first-order chi connectivity index (χ1) is 16.1. The van der Waals surface area contributed by atoms with E-state index in [4.69, 9.17) is 20.5 Å². The van der Waals surface area contributed by atoms with Crippen LogP contribution in [0.2, 0.25) is 5.02 Å². The van der Waals surface area contributed by atoms with Crippen molar-refractivity contribution in [2.75, 3.05) is 20.1 Å². The van der Waals surface area contributed by atoms with Crippen molar-refractivity contribution < 1.29 is 23.9 Å². The number of carbonyl (C=O) groups is 1. The van der Waals surface area contributed by atoms with Crippen LogP contribution in [0.5, 0.6) is 11.5 Å². The first-order valence-electron chi connectivity index (χ1n) is 12.4. The van der Waals surface area contributed by atoms with Crippen LogP contribution in [0, 0.1) is 0 Å². The third kappa shape index (κ3) is 5.28. The molecule has 1 heterocycles. The number of methoxy groups -OCH3 is 1. The molecule has 2 aromatic carbocycles. The van der Waals surface area contributed by atoms with Crippen LogP contribution in [-0.2, 0) is 5.60 Å². The number of para-hydroxylation sites is 1. The van der Waals surface area contributed by atoms with Crippen LogP contribution in [-0.4, -0.2) is 46.6 Å². The van der Waals surface area contributed by atoms with Gasteiger partial charge in [-0.2, -0.15) is 0 Å². The number of phenols is 1. The number of hydrogen-bond acceptors (Lipinski definition) is 5. The number of phenolic OH excluding ortho intramolecular Hbond substituents is 1. The molecule has 1 atom stereocenters. The second-order valence-electron chi connectivity index (χ2n) is 9.79. The van der Waals surface area contributed by atoms with Crippen LogP contribution in [0.15, 0.2) is 36.4 Å². The van der Waals surface area contributed by atoms with Crippen LogP contribution in [0.3, 0.4) is 0 Å². The van der Waals surface area contributed by atoms with Crippen LogP contribution in [0.25, 0.3) is 0 Å². The monoisotopic (exact) mass is 462 g/mol. The maximum atomic E-state index is 13.2. The summed E-state index contributed by atoms with van der Waals surface area (Å²) < 4.78 is 27.2. The minimum atomic E-state index is -2.76. The molecule has 0 radical (unpaired) electrons. The molecule has 2 aromatic rings. The number of rotatable bonds is 6. The van der Waals surface area contributed by atoms with Crippen LogP contribution in [0.1, 0.15) is 78.5 Å². The second-order valence-corrected chi connectivity index (χ2v) is 10.2. The van der Waals surface area contributed by atoms with Gasteiger partial charge in [0.2, 0.25) is 0 Å². The molecular weight excluding hydrogens is 426 g/mol. The fourth-order valence-electron chi connectivity index (χ4n) is 4.51. The third-order valence-electron chi connectivity index (χ3n) is 6.39. The molecule has 3 rings (SSSR count). The minimum Gasteiger partial charge on any atom is -0.507 e. The SMILES string of the molecule is [2H]C([2H])([2H])Oc1cc(Cl)ccc1C(C)(O)CC(=O)c1cccc(C2CCN(C(C)(C)C)CC2)c1O. The zero-order valence-corrected chi connectivity index (χ0v) is 19.9. The smallest absolute Gasteiger partial charge is 0.169 e. The lowest BCUT2D eigenvalue weighted by atomic mass is 9.84. The fraction of sp³-hybridized carbons (Fsp3) is 0.500. The van der Waals surface area contributed by atoms with E-state index >= 15 is 0 Å². The van der Waals surface area contributed by atoms with Crippen LogP contribution < -0.4 is 4.74 Å². The molecule has 0 bridgehead atoms. The highest BCUT2D eigenvalue weighted by Gasteiger charge is 2.33. The summed E-state index contributed by atoms with van der Waals surface area (Å²) in [5.74, 6) is -0.509. The summed E-state index contributed by atoms with van der Waals surface area (Å²) >= 11 is 5.99. The molecule has 0 aromatic heterocycles. The summed E-state index contributed by atoms with van der Waals surface area (Å²) in [4.78, 5) is 15.6. The molecule has 0 amide bonds. The number of Topliss-reactive ketones (excluding diaryl/α,β-unsaturated/α-hetero) is 1. The first kappa shape index (κ1) is 20.5. The average molecular weight is 463 g/mol. The molecule has 0 spiro atoms. The Hall–Kier alpha value is -2.08. The molecule has 1 fully saturated rings. The van der Waals surface area contributed by atoms with Gasteiger partial charge in [-0.05, 0) is 83.3 Å². The topological polar surface area (TPSA) is 70.0 Å². The van der Waals surface area contributed by atoms with Crippen molar-refractivity contribution >= 4 is 17.4 Å². The normalized spacial score (nSPS) is 19.5. The Morgan fingerprint density at radius 2 is 1.91 bits per heavy atom. The van der Waals surface area contributed by atoms with Gasteiger partial charge in [-0.1, -0.05) is 29.8 Å². The lowest BCUT2D eigenvalue weighted by Crippen LogP contribution is -2.45. The van der Waals surface area contributed by atoms with Crippen LogP contribution >= 0.6 is 11.6 Å². The van der Waals surface area contributed by atoms with Gasteiger partial charge < -0.3 is 14.9 Å². The van der Waals surface area contributed by atoms with E-state index in [9.17, 15) is 15.0 Å². The van der Waals surface area contributed by atoms with Gasteiger partial charge in [0, 0.05) is 22.5 Å². The van der Waals surface area contributed by atoms with Gasteiger partial charge in [-0.3, -0.25) is 9.69 Å². The number of aliphatic hydroxyl groups is 1. The Labute approximate surface area is 200 Å². The van der Waals surface area contributed by atoms with Gasteiger partial charge in [0.15, 0.2) is 5.78 Å². The zero-order chi connectivity index (χ0) is 26.2. The first-order valence-corrected chi connectivity index (χ1v) is 11.3. The van der Waals surface area contributed by atoms with Gasteiger partial charge >= 0.3 is 0 Å². The van der Waals surface area contributed by atoms with E-state index in [1.807, 2.05) is 6.07 Å². The van der Waals surface area contributed by atoms with Crippen molar-refractivity contribution in [1.82, 2.24) is 4.90 Å². The Morgan fingerprint density at radius 1 is 1.22 bits per heavy atom. The van der Waals surface area contributed by atoms with Crippen molar-refractivity contribution in [2.24, 2.45) is 0 Å². The number of piperidine rings is 1. The Bertz CT molecular complexity index is 1070. The van der Waals surface area contributed by atoms with E-state index in [0.29, 0.717) is 0 Å². The highest BCUT2D eigenvalue weighted by atomic mass is 35.5. The predicted octanol–water partition coefficient (Wildman–Crippen LogP) is 5.51. The second kappa shape index (κ2) is 9.42. The molecule has 0 saturated carbocycles. The van der Waals surface area contributed by atoms with Crippen molar-refractivity contribution in [3.8, 4) is 11.5 Å². The number of halogens is 1. The van der Waals surface area contributed by atoms with Gasteiger partial charge in [0.1, 0.15) is 11.5 Å². The molecule has 32 heavy (non-hydrogen) atoms. The van der Waals surface area contributed by atoms with Gasteiger partial charge in [-0.15, -0.1) is 0 Å². The number of aromatic hydroxyl groups is 1. The highest BCUT2D eigenvalue weighted by Crippen LogP contribution is 2.39. The largest absolute Gasteiger partial charge is 0.507 e. The molecule has 1 aliphatic heterocycles. The maximum absolute atomic E-state index is 13.2. The standard InChI is InChI=1S/C26H34ClNO4/c1-25(2,3)28-13-11-17(12-14-28)19-7-6-8-20(24(19)30)22(29)16-26(4,31)21-10-9-18(27)15-23(21)32-5/h6-10,15,17,30-31H,11-14,16H2,1-5H3/i5D3. The number of nitrogens with zero attached hydrogens (tertiary/aromatic N) is 1. The molecular formula is C26H34ClNO4. The van der Waals surface area contributed by atoms with Crippen molar-refractivity contribution in [2.45, 2.75) is 64.0 Å². The van der Waals surface area contributed by atoms with E-state index in [1.54, 1.807) is 12.1 Å². The summed E-state index contributed by atoms with van der Waals surface area (Å²) in [6.07, 6.45) is 1.37. The predicted molar refractivity (Wildman–Crippen MR) is 128 cm³/mol. The Balaban J connectivity index is 1.82. The Kier molecular flexibility index (Phi) is 6.04. The van der Waals surface area contributed by atoms with E-state index in [2.05, 4.69) is 25.7 Å². The summed E-state index contributed by atoms with van der Waals surface area (Å²) in [6.45, 7) is 9.78. The van der Waals surface area contributed by atoms with Crippen molar-refractivity contribution in [3.63, 3.8) is 0 Å². The average Bonchev–Trinajstić information content (AvgIpc) is 2.71. The van der Waals surface area contributed by atoms with Gasteiger partial charge in [-0.25, -0.2) is 0 Å². The number of likely N-dealkylation sites (tertiary alicyclic amines) is 1. The van der Waals surface area contributed by atoms with Crippen LogP contribution in [0.4, 0.5) is 0 Å². The molecule has 2 N–H and O–H groups in total. The summed E-state index contributed by atoms with van der Waals surface area (Å²) in [7, 11) is -2.76. The lowest BCUT2D eigenvalue weighted by Gasteiger charge is -2.41. The molecule has 5 nitrogen and oxygen atoms in total. The fourth-order valence-corrected chi connectivity index (χ4v) is 4.67. The quantitative estimate of drug-likeness (QED) is 0.553. The molecule has 1 aliphatic rings. The molecule has 6 heteroatoms. The zero-order valence-electron chi connectivity index (χ0n) is 22.1. The van der Waals surface area contributed by atoms with E-state index in [0.717, 1.165) is 31.5 Å². The minimum absolute atomic E-state index is 0.0578. The van der Waals surface area contributed by atoms with E-state index < -0.39 is 18.4 Å². The van der Waals surface area contributed by atoms with Crippen molar-refractivity contribution in [1.29, 1.82) is 0 Å².